The van der Waals surface area contributed by atoms with E-state index in [-0.39, 0.29) is 17.4 Å². The van der Waals surface area contributed by atoms with Gasteiger partial charge in [-0.2, -0.15) is 0 Å². The van der Waals surface area contributed by atoms with Crippen LogP contribution in [0.15, 0.2) is 12.4 Å². The molecule has 0 unspecified atom stereocenters. The maximum atomic E-state index is 12.7. The number of hydrogen-bond donors (Lipinski definition) is 0. The Kier molecular flexibility index (Phi) is 4.11. The van der Waals surface area contributed by atoms with Crippen molar-refractivity contribution < 1.29 is 14.3 Å². The van der Waals surface area contributed by atoms with Crippen molar-refractivity contribution in [2.45, 2.75) is 19.4 Å². The number of aromatic nitrogens is 2. The van der Waals surface area contributed by atoms with Crippen LogP contribution in [0.3, 0.4) is 0 Å². The van der Waals surface area contributed by atoms with Gasteiger partial charge >= 0.3 is 0 Å². The molecule has 2 heterocycles. The maximum absolute atomic E-state index is 12.7. The van der Waals surface area contributed by atoms with E-state index >= 15 is 0 Å². The molecule has 1 aliphatic rings. The lowest BCUT2D eigenvalue weighted by molar-refractivity contribution is -0.00459. The first-order valence-corrected chi connectivity index (χ1v) is 6.30. The van der Waals surface area contributed by atoms with Gasteiger partial charge in [-0.3, -0.25) is 9.69 Å². The van der Waals surface area contributed by atoms with Crippen molar-refractivity contribution in [2.75, 3.05) is 33.4 Å². The standard InChI is InChI=1S/C13H19N3O3/c1-13(2,16-6-8-19-9-7-16)11(17)10-12(18-3)15-5-4-14-10/h4-5H,6-9H2,1-3H3. The van der Waals surface area contributed by atoms with Crippen molar-refractivity contribution in [3.8, 4) is 5.88 Å². The molecule has 1 saturated heterocycles. The van der Waals surface area contributed by atoms with Gasteiger partial charge in [0.2, 0.25) is 11.7 Å². The molecule has 0 spiro atoms. The number of morpholine rings is 1. The molecule has 6 nitrogen and oxygen atoms in total. The van der Waals surface area contributed by atoms with Gasteiger partial charge in [0.25, 0.3) is 0 Å². The van der Waals surface area contributed by atoms with E-state index in [0.717, 1.165) is 13.1 Å². The minimum absolute atomic E-state index is 0.0839. The summed E-state index contributed by atoms with van der Waals surface area (Å²) in [7, 11) is 1.49. The van der Waals surface area contributed by atoms with Crippen LogP contribution in [0.1, 0.15) is 24.3 Å². The molecule has 1 aliphatic heterocycles. The van der Waals surface area contributed by atoms with Crippen molar-refractivity contribution in [2.24, 2.45) is 0 Å². The van der Waals surface area contributed by atoms with Crippen molar-refractivity contribution in [1.82, 2.24) is 14.9 Å². The number of rotatable bonds is 4. The normalized spacial score (nSPS) is 17.2. The van der Waals surface area contributed by atoms with E-state index in [9.17, 15) is 4.79 Å². The van der Waals surface area contributed by atoms with Crippen LogP contribution < -0.4 is 4.74 Å². The summed E-state index contributed by atoms with van der Waals surface area (Å²) in [6.45, 7) is 6.56. The monoisotopic (exact) mass is 265 g/mol. The summed E-state index contributed by atoms with van der Waals surface area (Å²) >= 11 is 0. The minimum atomic E-state index is -0.646. The SMILES string of the molecule is COc1nccnc1C(=O)C(C)(C)N1CCOCC1. The molecule has 19 heavy (non-hydrogen) atoms. The number of hydrogen-bond acceptors (Lipinski definition) is 6. The van der Waals surface area contributed by atoms with Crippen LogP contribution in [0, 0.1) is 0 Å². The third kappa shape index (κ3) is 2.74. The third-order valence-electron chi connectivity index (χ3n) is 3.43. The summed E-state index contributed by atoms with van der Waals surface area (Å²) in [4.78, 5) is 22.9. The summed E-state index contributed by atoms with van der Waals surface area (Å²) in [5.41, 5.74) is -0.367. The smallest absolute Gasteiger partial charge is 0.243 e. The van der Waals surface area contributed by atoms with Crippen LogP contribution in [-0.2, 0) is 4.74 Å². The summed E-state index contributed by atoms with van der Waals surface area (Å²) in [5, 5.41) is 0. The number of ketones is 1. The molecular formula is C13H19N3O3. The molecule has 0 aliphatic carbocycles. The molecule has 1 fully saturated rings. The van der Waals surface area contributed by atoms with Gasteiger partial charge in [0, 0.05) is 25.5 Å². The Morgan fingerprint density at radius 2 is 1.95 bits per heavy atom. The van der Waals surface area contributed by atoms with E-state index in [1.165, 1.54) is 19.5 Å². The Hall–Kier alpha value is -1.53. The fourth-order valence-corrected chi connectivity index (χ4v) is 2.19. The van der Waals surface area contributed by atoms with Crippen molar-refractivity contribution in [3.63, 3.8) is 0 Å². The van der Waals surface area contributed by atoms with E-state index in [4.69, 9.17) is 9.47 Å². The molecule has 1 aromatic heterocycles. The number of nitrogens with zero attached hydrogens (tertiary/aromatic N) is 3. The maximum Gasteiger partial charge on any atom is 0.243 e. The topological polar surface area (TPSA) is 64.6 Å². The molecule has 6 heteroatoms. The molecule has 0 saturated carbocycles. The Labute approximate surface area is 112 Å². The molecule has 0 aromatic carbocycles. The lowest BCUT2D eigenvalue weighted by Crippen LogP contribution is -2.54. The van der Waals surface area contributed by atoms with E-state index in [1.807, 2.05) is 13.8 Å². The second-order valence-electron chi connectivity index (χ2n) is 4.90. The molecule has 0 bridgehead atoms. The first-order chi connectivity index (χ1) is 9.07. The van der Waals surface area contributed by atoms with Crippen LogP contribution in [0.4, 0.5) is 0 Å². The predicted molar refractivity (Wildman–Crippen MR) is 69.4 cm³/mol. The number of ether oxygens (including phenoxy) is 2. The summed E-state index contributed by atoms with van der Waals surface area (Å²) in [6, 6.07) is 0. The number of carbonyl (C=O) groups excluding carboxylic acids is 1. The first kappa shape index (κ1) is 13.9. The minimum Gasteiger partial charge on any atom is -0.479 e. The largest absolute Gasteiger partial charge is 0.479 e. The van der Waals surface area contributed by atoms with Crippen molar-refractivity contribution in [3.05, 3.63) is 18.1 Å². The van der Waals surface area contributed by atoms with Crippen LogP contribution in [0.25, 0.3) is 0 Å². The van der Waals surface area contributed by atoms with Crippen molar-refractivity contribution in [1.29, 1.82) is 0 Å². The van der Waals surface area contributed by atoms with Crippen LogP contribution in [0.5, 0.6) is 5.88 Å². The van der Waals surface area contributed by atoms with Gasteiger partial charge < -0.3 is 9.47 Å². The highest BCUT2D eigenvalue weighted by atomic mass is 16.5. The van der Waals surface area contributed by atoms with Gasteiger partial charge in [-0.1, -0.05) is 0 Å². The predicted octanol–water partition coefficient (Wildman–Crippen LogP) is 0.779. The molecule has 0 N–H and O–H groups in total. The van der Waals surface area contributed by atoms with Gasteiger partial charge in [-0.25, -0.2) is 9.97 Å². The van der Waals surface area contributed by atoms with Crippen molar-refractivity contribution >= 4 is 5.78 Å². The quantitative estimate of drug-likeness (QED) is 0.750. The Morgan fingerprint density at radius 1 is 1.32 bits per heavy atom. The molecule has 104 valence electrons. The number of methoxy groups -OCH3 is 1. The number of Topliss-reactive ketones (excluding diaryl/α,β-unsaturated/α-hetero) is 1. The molecule has 2 rings (SSSR count). The van der Waals surface area contributed by atoms with Gasteiger partial charge in [0.1, 0.15) is 0 Å². The van der Waals surface area contributed by atoms with Gasteiger partial charge in [0.15, 0.2) is 5.69 Å². The van der Waals surface area contributed by atoms with Crippen LogP contribution in [-0.4, -0.2) is 59.6 Å². The lowest BCUT2D eigenvalue weighted by Gasteiger charge is -2.39. The molecular weight excluding hydrogens is 246 g/mol. The van der Waals surface area contributed by atoms with E-state index < -0.39 is 5.54 Å². The van der Waals surface area contributed by atoms with Crippen LogP contribution in [0.2, 0.25) is 0 Å². The van der Waals surface area contributed by atoms with E-state index in [0.29, 0.717) is 13.2 Å². The Morgan fingerprint density at radius 3 is 2.58 bits per heavy atom. The summed E-state index contributed by atoms with van der Waals surface area (Å²) in [5.74, 6) is 0.188. The zero-order valence-electron chi connectivity index (χ0n) is 11.5. The summed E-state index contributed by atoms with van der Waals surface area (Å²) in [6.07, 6.45) is 3.02. The summed E-state index contributed by atoms with van der Waals surface area (Å²) < 4.78 is 10.4. The second kappa shape index (κ2) is 5.63. The highest BCUT2D eigenvalue weighted by molar-refractivity contribution is 6.02. The Balaban J connectivity index is 2.26. The zero-order chi connectivity index (χ0) is 13.9. The van der Waals surface area contributed by atoms with Gasteiger partial charge in [-0.15, -0.1) is 0 Å². The molecule has 0 radical (unpaired) electrons. The van der Waals surface area contributed by atoms with Gasteiger partial charge in [0.05, 0.1) is 25.9 Å². The highest BCUT2D eigenvalue weighted by Gasteiger charge is 2.38. The first-order valence-electron chi connectivity index (χ1n) is 6.30. The Bertz CT molecular complexity index is 456. The fraction of sp³-hybridized carbons (Fsp3) is 0.615. The molecule has 0 atom stereocenters. The third-order valence-corrected chi connectivity index (χ3v) is 3.43. The lowest BCUT2D eigenvalue weighted by atomic mass is 9.93. The van der Waals surface area contributed by atoms with E-state index in [1.54, 1.807) is 0 Å². The fourth-order valence-electron chi connectivity index (χ4n) is 2.19. The second-order valence-corrected chi connectivity index (χ2v) is 4.90. The van der Waals surface area contributed by atoms with Gasteiger partial charge in [-0.05, 0) is 13.8 Å². The average Bonchev–Trinajstić information content (AvgIpc) is 2.47. The molecule has 1 aromatic rings. The molecule has 0 amide bonds. The highest BCUT2D eigenvalue weighted by Crippen LogP contribution is 2.24. The number of carbonyl (C=O) groups is 1. The van der Waals surface area contributed by atoms with Crippen LogP contribution >= 0.6 is 0 Å². The van der Waals surface area contributed by atoms with E-state index in [2.05, 4.69) is 14.9 Å². The zero-order valence-corrected chi connectivity index (χ0v) is 11.5. The average molecular weight is 265 g/mol.